The van der Waals surface area contributed by atoms with E-state index in [4.69, 9.17) is 19.7 Å². The van der Waals surface area contributed by atoms with Crippen molar-refractivity contribution >= 4 is 51.5 Å². The fourth-order valence-electron chi connectivity index (χ4n) is 4.90. The molecule has 13 heteroatoms. The van der Waals surface area contributed by atoms with Crippen molar-refractivity contribution in [3.05, 3.63) is 41.3 Å². The highest BCUT2D eigenvalue weighted by molar-refractivity contribution is 14.2. The molecule has 3 aromatic heterocycles. The van der Waals surface area contributed by atoms with Crippen molar-refractivity contribution < 1.29 is 14.6 Å². The lowest BCUT2D eigenvalue weighted by Crippen LogP contribution is -2.35. The summed E-state index contributed by atoms with van der Waals surface area (Å²) < 4.78 is 17.9. The monoisotopic (exact) mass is 688 g/mol. The van der Waals surface area contributed by atoms with E-state index in [1.54, 1.807) is 4.68 Å². The molecule has 0 aliphatic carbocycles. The molecule has 11 nitrogen and oxygen atoms in total. The second-order valence-electron chi connectivity index (χ2n) is 10.3. The van der Waals surface area contributed by atoms with Crippen LogP contribution in [0.2, 0.25) is 0 Å². The molecule has 2 bridgehead atoms. The van der Waals surface area contributed by atoms with Gasteiger partial charge in [0.15, 0.2) is 0 Å². The highest BCUT2D eigenvalue weighted by Crippen LogP contribution is 2.37. The number of hydrogen-bond donors (Lipinski definition) is 1. The molecule has 1 aliphatic rings. The minimum absolute atomic E-state index is 0.0354. The first-order chi connectivity index (χ1) is 19.8. The summed E-state index contributed by atoms with van der Waals surface area (Å²) in [4.78, 5) is 2.30. The Morgan fingerprint density at radius 2 is 2.02 bits per heavy atom. The van der Waals surface area contributed by atoms with Crippen molar-refractivity contribution in [2.24, 2.45) is 0 Å². The largest absolute Gasteiger partial charge is 0.475 e. The van der Waals surface area contributed by atoms with Crippen LogP contribution >= 0.6 is 28.4 Å². The van der Waals surface area contributed by atoms with Gasteiger partial charge in [-0.05, 0) is 79.6 Å². The first kappa shape index (κ1) is 29.5. The molecule has 0 saturated carbocycles. The number of halogens is 1. The number of fused-ring (bicyclic) bond motifs is 4. The van der Waals surface area contributed by atoms with Crippen molar-refractivity contribution in [3.8, 4) is 29.0 Å². The van der Waals surface area contributed by atoms with Crippen molar-refractivity contribution in [2.75, 3.05) is 19.8 Å². The van der Waals surface area contributed by atoms with Gasteiger partial charge in [-0.15, -0.1) is 10.2 Å². The fraction of sp³-hybridized carbons (Fsp3) is 0.429. The number of nitrogens with zero attached hydrogens (tertiary/aromatic N) is 8. The zero-order valence-corrected chi connectivity index (χ0v) is 26.7. The molecule has 41 heavy (non-hydrogen) atoms. The van der Waals surface area contributed by atoms with Gasteiger partial charge in [0.2, 0.25) is 11.8 Å². The quantitative estimate of drug-likeness (QED) is 0.214. The molecule has 1 N–H and O–H groups in total. The maximum Gasteiger partial charge on any atom is 0.240 e. The number of hydrogen-bond acceptors (Lipinski definition) is 8. The minimum Gasteiger partial charge on any atom is -0.475 e. The zero-order valence-electron chi connectivity index (χ0n) is 23.6. The summed E-state index contributed by atoms with van der Waals surface area (Å²) in [6.07, 6.45) is 6.29. The second-order valence-corrected chi connectivity index (χ2v) is 12.4. The van der Waals surface area contributed by atoms with Gasteiger partial charge in [0.1, 0.15) is 13.2 Å². The molecular formula is C28H34IN8O3P. The highest BCUT2D eigenvalue weighted by Gasteiger charge is 2.23. The Hall–Kier alpha value is -2.98. The summed E-state index contributed by atoms with van der Waals surface area (Å²) in [5.41, 5.74) is 5.46. The van der Waals surface area contributed by atoms with E-state index in [0.717, 1.165) is 39.0 Å². The lowest BCUT2D eigenvalue weighted by molar-refractivity contribution is 0.161. The molecule has 216 valence electrons. The average Bonchev–Trinajstić information content (AvgIpc) is 3.59. The number of aliphatic hydroxyl groups excluding tert-OH is 1. The predicted octanol–water partition coefficient (Wildman–Crippen LogP) is 4.96. The van der Waals surface area contributed by atoms with Crippen LogP contribution in [0.4, 0.5) is 0 Å². The van der Waals surface area contributed by atoms with E-state index in [-0.39, 0.29) is 25.3 Å². The molecule has 0 amide bonds. The Kier molecular flexibility index (Phi) is 9.28. The molecule has 0 fully saturated rings. The van der Waals surface area contributed by atoms with Crippen molar-refractivity contribution in [3.63, 3.8) is 0 Å². The molecule has 1 atom stereocenters. The van der Waals surface area contributed by atoms with Gasteiger partial charge in [0.05, 0.1) is 59.7 Å². The molecule has 0 spiro atoms. The number of aliphatic hydroxyl groups is 1. The summed E-state index contributed by atoms with van der Waals surface area (Å²) >= 11 is 2.34. The Balaban J connectivity index is 1.72. The Bertz CT molecular complexity index is 1600. The average molecular weight is 689 g/mol. The third-order valence-electron chi connectivity index (χ3n) is 6.89. The first-order valence-electron chi connectivity index (χ1n) is 13.6. The zero-order chi connectivity index (χ0) is 29.1. The molecule has 0 radical (unpaired) electrons. The highest BCUT2D eigenvalue weighted by atomic mass is 127. The SMILES string of the molecule is CC(C)Oc1nn(CCO)c2c1/C=C/c1nn(PI)c3ccc(cc13)-c1cn(CC#N)nc1OCCN(C(C)C)C2. The number of benzene rings is 1. The summed E-state index contributed by atoms with van der Waals surface area (Å²) in [5, 5.41) is 34.4. The van der Waals surface area contributed by atoms with Crippen LogP contribution < -0.4 is 9.47 Å². The van der Waals surface area contributed by atoms with Crippen LogP contribution in [0.1, 0.15) is 44.6 Å². The number of nitriles is 1. The topological polar surface area (TPSA) is 119 Å². The third-order valence-corrected chi connectivity index (χ3v) is 8.76. The predicted molar refractivity (Wildman–Crippen MR) is 169 cm³/mol. The summed E-state index contributed by atoms with van der Waals surface area (Å²) in [6, 6.07) is 8.61. The minimum atomic E-state index is -0.0620. The fourth-order valence-corrected chi connectivity index (χ4v) is 6.44. The summed E-state index contributed by atoms with van der Waals surface area (Å²) in [5.74, 6) is 1.04. The Morgan fingerprint density at radius 3 is 2.73 bits per heavy atom. The molecule has 1 unspecified atom stereocenters. The second kappa shape index (κ2) is 12.9. The van der Waals surface area contributed by atoms with E-state index in [0.29, 0.717) is 44.4 Å². The van der Waals surface area contributed by atoms with Gasteiger partial charge in [-0.1, -0.05) is 6.07 Å². The number of aromatic nitrogens is 6. The molecule has 5 rings (SSSR count). The van der Waals surface area contributed by atoms with Crippen LogP contribution in [-0.4, -0.2) is 71.0 Å². The van der Waals surface area contributed by atoms with Gasteiger partial charge in [-0.25, -0.2) is 4.45 Å². The Labute approximate surface area is 254 Å². The molecule has 0 saturated heterocycles. The van der Waals surface area contributed by atoms with Crippen LogP contribution in [0, 0.1) is 11.3 Å². The van der Waals surface area contributed by atoms with Crippen LogP contribution in [0.25, 0.3) is 34.2 Å². The summed E-state index contributed by atoms with van der Waals surface area (Å²) in [6.45, 7) is 10.3. The van der Waals surface area contributed by atoms with Crippen molar-refractivity contribution in [1.29, 1.82) is 5.26 Å². The van der Waals surface area contributed by atoms with Gasteiger partial charge in [0, 0.05) is 30.7 Å². The van der Waals surface area contributed by atoms with E-state index < -0.39 is 0 Å². The lowest BCUT2D eigenvalue weighted by Gasteiger charge is -2.27. The Morgan fingerprint density at radius 1 is 1.20 bits per heavy atom. The van der Waals surface area contributed by atoms with Crippen LogP contribution in [0.3, 0.4) is 0 Å². The third kappa shape index (κ3) is 6.28. The van der Waals surface area contributed by atoms with Gasteiger partial charge >= 0.3 is 0 Å². The van der Waals surface area contributed by atoms with Gasteiger partial charge in [0.25, 0.3) is 0 Å². The molecule has 1 aliphatic heterocycles. The maximum atomic E-state index is 9.84. The van der Waals surface area contributed by atoms with E-state index in [9.17, 15) is 10.4 Å². The standard InChI is InChI=1S/C28H34IN8O3P/c1-18(2)34-12-14-39-27-23(16-35(32-27)10-9-30)20-5-8-25-22(15-20)24(31-37(25)41-29)7-6-21-26(17-34)36(11-13-38)33-28(21)40-19(3)4/h5-8,15-16,18-19,38,41H,10-14,17H2,1-4H3/b7-6+. The van der Waals surface area contributed by atoms with E-state index in [1.807, 2.05) is 41.3 Å². The number of rotatable bonds is 7. The smallest absolute Gasteiger partial charge is 0.240 e. The number of ether oxygens (including phenoxy) is 2. The normalized spacial score (nSPS) is 15.2. The maximum absolute atomic E-state index is 9.84. The molecule has 1 aromatic carbocycles. The van der Waals surface area contributed by atoms with Crippen LogP contribution in [-0.2, 0) is 19.6 Å². The van der Waals surface area contributed by atoms with Crippen molar-refractivity contribution in [1.82, 2.24) is 34.0 Å². The van der Waals surface area contributed by atoms with Gasteiger partial charge in [-0.3, -0.25) is 14.3 Å². The van der Waals surface area contributed by atoms with Gasteiger partial charge in [-0.2, -0.15) is 10.4 Å². The van der Waals surface area contributed by atoms with Crippen LogP contribution in [0.15, 0.2) is 24.4 Å². The van der Waals surface area contributed by atoms with E-state index >= 15 is 0 Å². The lowest BCUT2D eigenvalue weighted by atomic mass is 10.1. The van der Waals surface area contributed by atoms with E-state index in [2.05, 4.69) is 70.2 Å². The van der Waals surface area contributed by atoms with Crippen molar-refractivity contribution in [2.45, 2.75) is 59.5 Å². The summed E-state index contributed by atoms with van der Waals surface area (Å²) in [7, 11) is 0. The molecule has 4 aromatic rings. The molecule has 4 heterocycles. The van der Waals surface area contributed by atoms with Crippen LogP contribution in [0.5, 0.6) is 11.8 Å². The first-order valence-corrected chi connectivity index (χ1v) is 17.6. The van der Waals surface area contributed by atoms with E-state index in [1.165, 1.54) is 0 Å². The molecular weight excluding hydrogens is 654 g/mol. The van der Waals surface area contributed by atoms with Gasteiger partial charge < -0.3 is 14.6 Å².